The van der Waals surface area contributed by atoms with Crippen LogP contribution < -0.4 is 5.32 Å². The van der Waals surface area contributed by atoms with Crippen molar-refractivity contribution in [2.24, 2.45) is 5.92 Å². The maximum Gasteiger partial charge on any atom is 0.305 e. The highest BCUT2D eigenvalue weighted by Crippen LogP contribution is 2.22. The van der Waals surface area contributed by atoms with Gasteiger partial charge in [-0.1, -0.05) is 0 Å². The molecular weight excluding hydrogens is 244 g/mol. The molecule has 5 nitrogen and oxygen atoms in total. The van der Waals surface area contributed by atoms with Gasteiger partial charge in [-0.25, -0.2) is 0 Å². The van der Waals surface area contributed by atoms with E-state index in [1.54, 1.807) is 0 Å². The molecule has 2 N–H and O–H groups in total. The van der Waals surface area contributed by atoms with Crippen molar-refractivity contribution in [2.45, 2.75) is 45.2 Å². The number of aliphatic hydroxyl groups is 1. The van der Waals surface area contributed by atoms with Crippen molar-refractivity contribution in [3.8, 4) is 0 Å². The van der Waals surface area contributed by atoms with Crippen LogP contribution in [0.15, 0.2) is 0 Å². The van der Waals surface area contributed by atoms with Crippen molar-refractivity contribution in [1.82, 2.24) is 10.2 Å². The van der Waals surface area contributed by atoms with Crippen molar-refractivity contribution in [3.05, 3.63) is 0 Å². The molecular formula is C14H28N2O3. The monoisotopic (exact) mass is 272 g/mol. The fourth-order valence-electron chi connectivity index (χ4n) is 2.66. The number of aliphatic hydroxyl groups excluding tert-OH is 1. The van der Waals surface area contributed by atoms with Crippen molar-refractivity contribution in [3.63, 3.8) is 0 Å². The Hall–Kier alpha value is -0.650. The molecule has 112 valence electrons. The second kappa shape index (κ2) is 8.51. The van der Waals surface area contributed by atoms with Crippen LogP contribution in [0.5, 0.6) is 0 Å². The molecule has 0 saturated carbocycles. The minimum atomic E-state index is -0.121. The molecule has 0 aromatic rings. The first-order valence-corrected chi connectivity index (χ1v) is 7.22. The number of carbonyl (C=O) groups excluding carboxylic acids is 1. The summed E-state index contributed by atoms with van der Waals surface area (Å²) in [6, 6.07) is 0.889. The molecule has 1 heterocycles. The van der Waals surface area contributed by atoms with E-state index in [4.69, 9.17) is 9.84 Å². The zero-order valence-corrected chi connectivity index (χ0v) is 12.4. The van der Waals surface area contributed by atoms with Crippen molar-refractivity contribution >= 4 is 5.97 Å². The van der Waals surface area contributed by atoms with Crippen molar-refractivity contribution in [2.75, 3.05) is 33.4 Å². The summed E-state index contributed by atoms with van der Waals surface area (Å²) < 4.78 is 4.77. The number of nitrogens with zero attached hydrogens (tertiary/aromatic N) is 1. The number of likely N-dealkylation sites (tertiary alicyclic amines) is 1. The maximum absolute atomic E-state index is 11.4. The molecule has 0 aromatic heterocycles. The first kappa shape index (κ1) is 16.4. The molecule has 0 amide bonds. The summed E-state index contributed by atoms with van der Waals surface area (Å²) in [5, 5.41) is 12.3. The molecule has 0 bridgehead atoms. The molecule has 1 aliphatic rings. The number of piperidine rings is 1. The Morgan fingerprint density at radius 3 is 2.79 bits per heavy atom. The molecule has 0 radical (unpaired) electrons. The second-order valence-electron chi connectivity index (χ2n) is 5.66. The number of methoxy groups -OCH3 is 1. The number of nitrogens with one attached hydrogen (secondary N) is 1. The van der Waals surface area contributed by atoms with Gasteiger partial charge in [-0.2, -0.15) is 0 Å². The zero-order valence-electron chi connectivity index (χ0n) is 12.4. The van der Waals surface area contributed by atoms with E-state index in [1.165, 1.54) is 7.11 Å². The topological polar surface area (TPSA) is 61.8 Å². The highest BCUT2D eigenvalue weighted by atomic mass is 16.5. The summed E-state index contributed by atoms with van der Waals surface area (Å²) in [5.41, 5.74) is 0. The molecule has 0 spiro atoms. The van der Waals surface area contributed by atoms with Gasteiger partial charge in [0.05, 0.1) is 7.11 Å². The lowest BCUT2D eigenvalue weighted by atomic mass is 9.90. The van der Waals surface area contributed by atoms with Gasteiger partial charge in [0.15, 0.2) is 0 Å². The Morgan fingerprint density at radius 1 is 1.47 bits per heavy atom. The molecule has 2 unspecified atom stereocenters. The summed E-state index contributed by atoms with van der Waals surface area (Å²) in [7, 11) is 1.45. The van der Waals surface area contributed by atoms with E-state index >= 15 is 0 Å². The highest BCUT2D eigenvalue weighted by molar-refractivity contribution is 5.69. The average molecular weight is 272 g/mol. The van der Waals surface area contributed by atoms with E-state index in [0.29, 0.717) is 24.4 Å². The zero-order chi connectivity index (χ0) is 14.3. The predicted molar refractivity (Wildman–Crippen MR) is 74.9 cm³/mol. The van der Waals surface area contributed by atoms with Gasteiger partial charge < -0.3 is 15.2 Å². The largest absolute Gasteiger partial charge is 0.469 e. The third-order valence-electron chi connectivity index (χ3n) is 3.75. The number of esters is 1. The minimum absolute atomic E-state index is 0.121. The number of ether oxygens (including phenoxy) is 1. The van der Waals surface area contributed by atoms with E-state index in [2.05, 4.69) is 24.1 Å². The molecule has 19 heavy (non-hydrogen) atoms. The molecule has 2 atom stereocenters. The quantitative estimate of drug-likeness (QED) is 0.525. The molecule has 1 fully saturated rings. The Balaban J connectivity index is 2.50. The molecule has 0 aliphatic carbocycles. The van der Waals surface area contributed by atoms with Gasteiger partial charge >= 0.3 is 5.97 Å². The van der Waals surface area contributed by atoms with Crippen LogP contribution in [0.4, 0.5) is 0 Å². The van der Waals surface area contributed by atoms with Gasteiger partial charge in [0.1, 0.15) is 0 Å². The van der Waals surface area contributed by atoms with Crippen molar-refractivity contribution < 1.29 is 14.6 Å². The van der Waals surface area contributed by atoms with Crippen LogP contribution in [-0.4, -0.2) is 61.4 Å². The van der Waals surface area contributed by atoms with Gasteiger partial charge in [-0.3, -0.25) is 9.69 Å². The van der Waals surface area contributed by atoms with Crippen LogP contribution in [0.2, 0.25) is 0 Å². The first-order chi connectivity index (χ1) is 9.06. The van der Waals surface area contributed by atoms with Gasteiger partial charge in [0.2, 0.25) is 0 Å². The third-order valence-corrected chi connectivity index (χ3v) is 3.75. The van der Waals surface area contributed by atoms with Crippen LogP contribution in [0.3, 0.4) is 0 Å². The number of hydrogen-bond acceptors (Lipinski definition) is 5. The summed E-state index contributed by atoms with van der Waals surface area (Å²) in [6.07, 6.45) is 2.28. The SMILES string of the molecule is COC(=O)CC1CC(NCCCO)CN(C(C)C)C1. The Kier molecular flexibility index (Phi) is 7.34. The second-order valence-corrected chi connectivity index (χ2v) is 5.66. The molecule has 1 aliphatic heterocycles. The van der Waals surface area contributed by atoms with Gasteiger partial charge in [-0.15, -0.1) is 0 Å². The van der Waals surface area contributed by atoms with Crippen LogP contribution >= 0.6 is 0 Å². The lowest BCUT2D eigenvalue weighted by molar-refractivity contribution is -0.142. The summed E-state index contributed by atoms with van der Waals surface area (Å²) in [4.78, 5) is 13.8. The van der Waals surface area contributed by atoms with Gasteiger partial charge in [-0.05, 0) is 39.2 Å². The lowest BCUT2D eigenvalue weighted by Crippen LogP contribution is -2.52. The van der Waals surface area contributed by atoms with E-state index < -0.39 is 0 Å². The number of hydrogen-bond donors (Lipinski definition) is 2. The Bertz CT molecular complexity index is 271. The van der Waals surface area contributed by atoms with Crippen LogP contribution in [-0.2, 0) is 9.53 Å². The van der Waals surface area contributed by atoms with E-state index in [9.17, 15) is 4.79 Å². The highest BCUT2D eigenvalue weighted by Gasteiger charge is 2.29. The van der Waals surface area contributed by atoms with E-state index in [-0.39, 0.29) is 12.6 Å². The van der Waals surface area contributed by atoms with E-state index in [0.717, 1.165) is 32.5 Å². The van der Waals surface area contributed by atoms with Crippen LogP contribution in [0, 0.1) is 5.92 Å². The smallest absolute Gasteiger partial charge is 0.305 e. The summed E-state index contributed by atoms with van der Waals surface area (Å²) >= 11 is 0. The van der Waals surface area contributed by atoms with Crippen LogP contribution in [0.1, 0.15) is 33.1 Å². The van der Waals surface area contributed by atoms with Crippen LogP contribution in [0.25, 0.3) is 0 Å². The fourth-order valence-corrected chi connectivity index (χ4v) is 2.66. The molecule has 0 aromatic carbocycles. The molecule has 1 saturated heterocycles. The van der Waals surface area contributed by atoms with Crippen molar-refractivity contribution in [1.29, 1.82) is 0 Å². The molecule has 1 rings (SSSR count). The maximum atomic E-state index is 11.4. The lowest BCUT2D eigenvalue weighted by Gasteiger charge is -2.40. The predicted octanol–water partition coefficient (Wildman–Crippen LogP) is 0.620. The normalized spacial score (nSPS) is 24.7. The number of carbonyl (C=O) groups is 1. The van der Waals surface area contributed by atoms with E-state index in [1.807, 2.05) is 0 Å². The average Bonchev–Trinajstić information content (AvgIpc) is 2.38. The summed E-state index contributed by atoms with van der Waals surface area (Å²) in [6.45, 7) is 7.40. The standard InChI is InChI=1S/C14H28N2O3/c1-11(2)16-9-12(8-14(18)19-3)7-13(10-16)15-5-4-6-17/h11-13,15,17H,4-10H2,1-3H3. The Morgan fingerprint density at radius 2 is 2.21 bits per heavy atom. The molecule has 5 heteroatoms. The number of rotatable bonds is 7. The fraction of sp³-hybridized carbons (Fsp3) is 0.929. The minimum Gasteiger partial charge on any atom is -0.469 e. The summed E-state index contributed by atoms with van der Waals surface area (Å²) in [5.74, 6) is 0.236. The first-order valence-electron chi connectivity index (χ1n) is 7.22. The third kappa shape index (κ3) is 5.89. The van der Waals surface area contributed by atoms with Gasteiger partial charge in [0.25, 0.3) is 0 Å². The van der Waals surface area contributed by atoms with Gasteiger partial charge in [0, 0.05) is 38.2 Å². The Labute approximate surface area is 116 Å².